The minimum atomic E-state index is -0.645. The lowest BCUT2D eigenvalue weighted by atomic mass is 10.0. The Hall–Kier alpha value is -3.61. The van der Waals surface area contributed by atoms with Gasteiger partial charge in [0, 0.05) is 24.5 Å². The van der Waals surface area contributed by atoms with Crippen molar-refractivity contribution in [3.05, 3.63) is 83.7 Å². The Morgan fingerprint density at radius 3 is 2.35 bits per heavy atom. The second-order valence-corrected chi connectivity index (χ2v) is 7.61. The molecule has 1 aromatic heterocycles. The van der Waals surface area contributed by atoms with Gasteiger partial charge >= 0.3 is 0 Å². The maximum absolute atomic E-state index is 12.9. The first-order valence-electron chi connectivity index (χ1n) is 10.2. The summed E-state index contributed by atoms with van der Waals surface area (Å²) >= 11 is 0. The highest BCUT2D eigenvalue weighted by atomic mass is 16.5. The van der Waals surface area contributed by atoms with Gasteiger partial charge in [-0.05, 0) is 47.4 Å². The molecule has 1 unspecified atom stereocenters. The molecule has 7 heteroatoms. The van der Waals surface area contributed by atoms with Crippen LogP contribution in [0.2, 0.25) is 0 Å². The van der Waals surface area contributed by atoms with Gasteiger partial charge in [0.05, 0.1) is 13.7 Å². The van der Waals surface area contributed by atoms with Gasteiger partial charge in [-0.25, -0.2) is 0 Å². The highest BCUT2D eigenvalue weighted by molar-refractivity contribution is 5.97. The Bertz CT molecular complexity index is 998. The van der Waals surface area contributed by atoms with E-state index in [1.807, 2.05) is 55.1 Å². The molecule has 2 aromatic carbocycles. The molecule has 31 heavy (non-hydrogen) atoms. The molecular formula is C24H28N4O3. The van der Waals surface area contributed by atoms with E-state index in [1.54, 1.807) is 37.6 Å². The van der Waals surface area contributed by atoms with Crippen LogP contribution < -0.4 is 15.4 Å². The molecule has 0 saturated heterocycles. The fourth-order valence-corrected chi connectivity index (χ4v) is 3.25. The summed E-state index contributed by atoms with van der Waals surface area (Å²) < 4.78 is 6.96. The number of hydrogen-bond donors (Lipinski definition) is 2. The van der Waals surface area contributed by atoms with Crippen molar-refractivity contribution in [2.45, 2.75) is 33.0 Å². The molecule has 1 atom stereocenters. The summed E-state index contributed by atoms with van der Waals surface area (Å²) in [4.78, 5) is 25.5. The summed E-state index contributed by atoms with van der Waals surface area (Å²) in [5.74, 6) is 0.0892. The van der Waals surface area contributed by atoms with Crippen LogP contribution in [0.3, 0.4) is 0 Å². The average molecular weight is 421 g/mol. The fraction of sp³-hybridized carbons (Fsp3) is 0.292. The number of nitrogens with one attached hydrogen (secondary N) is 2. The van der Waals surface area contributed by atoms with E-state index in [1.165, 1.54) is 0 Å². The molecule has 2 amide bonds. The number of hydrogen-bond acceptors (Lipinski definition) is 4. The van der Waals surface area contributed by atoms with Crippen LogP contribution in [0.15, 0.2) is 67.0 Å². The quantitative estimate of drug-likeness (QED) is 0.557. The number of carbonyl (C=O) groups excluding carboxylic acids is 2. The first-order valence-corrected chi connectivity index (χ1v) is 10.2. The number of ether oxygens (including phenoxy) is 1. The van der Waals surface area contributed by atoms with Crippen molar-refractivity contribution in [2.75, 3.05) is 7.11 Å². The first-order chi connectivity index (χ1) is 15.0. The van der Waals surface area contributed by atoms with E-state index in [-0.39, 0.29) is 17.7 Å². The summed E-state index contributed by atoms with van der Waals surface area (Å²) in [7, 11) is 1.57. The summed E-state index contributed by atoms with van der Waals surface area (Å²) in [6.07, 6.45) is 3.64. The molecular weight excluding hydrogens is 392 g/mol. The Morgan fingerprint density at radius 1 is 1.03 bits per heavy atom. The molecule has 7 nitrogen and oxygen atoms in total. The first kappa shape index (κ1) is 22.1. The maximum atomic E-state index is 12.9. The van der Waals surface area contributed by atoms with Gasteiger partial charge in [-0.1, -0.05) is 38.1 Å². The summed E-state index contributed by atoms with van der Waals surface area (Å²) in [5.41, 5.74) is 2.56. The molecule has 0 aliphatic rings. The third-order valence-corrected chi connectivity index (χ3v) is 5.05. The molecule has 0 spiro atoms. The Balaban J connectivity index is 1.64. The second-order valence-electron chi connectivity index (χ2n) is 7.61. The zero-order chi connectivity index (χ0) is 22.2. The van der Waals surface area contributed by atoms with E-state index in [0.29, 0.717) is 24.4 Å². The molecule has 0 aliphatic heterocycles. The molecule has 0 aliphatic carbocycles. The van der Waals surface area contributed by atoms with Crippen LogP contribution in [0.5, 0.6) is 5.75 Å². The van der Waals surface area contributed by atoms with Crippen molar-refractivity contribution in [3.63, 3.8) is 0 Å². The number of amides is 2. The van der Waals surface area contributed by atoms with E-state index in [2.05, 4.69) is 15.7 Å². The van der Waals surface area contributed by atoms with Crippen LogP contribution in [0.4, 0.5) is 0 Å². The van der Waals surface area contributed by atoms with E-state index in [4.69, 9.17) is 4.74 Å². The second kappa shape index (κ2) is 10.4. The van der Waals surface area contributed by atoms with Crippen molar-refractivity contribution in [1.29, 1.82) is 0 Å². The van der Waals surface area contributed by atoms with Crippen molar-refractivity contribution in [3.8, 4) is 5.75 Å². The smallest absolute Gasteiger partial charge is 0.251 e. The molecule has 0 fully saturated rings. The van der Waals surface area contributed by atoms with Crippen LogP contribution in [-0.4, -0.2) is 34.7 Å². The number of carbonyl (C=O) groups is 2. The Labute approximate surface area is 182 Å². The fourth-order valence-electron chi connectivity index (χ4n) is 3.25. The summed E-state index contributed by atoms with van der Waals surface area (Å²) in [5, 5.41) is 10.1. The highest BCUT2D eigenvalue weighted by Crippen LogP contribution is 2.13. The molecule has 0 bridgehead atoms. The van der Waals surface area contributed by atoms with E-state index < -0.39 is 6.04 Å². The zero-order valence-corrected chi connectivity index (χ0v) is 18.0. The van der Waals surface area contributed by atoms with Crippen LogP contribution >= 0.6 is 0 Å². The van der Waals surface area contributed by atoms with Crippen molar-refractivity contribution >= 4 is 11.8 Å². The third kappa shape index (κ3) is 5.94. The van der Waals surface area contributed by atoms with Gasteiger partial charge in [-0.15, -0.1) is 0 Å². The number of benzene rings is 2. The van der Waals surface area contributed by atoms with E-state index in [9.17, 15) is 9.59 Å². The molecule has 1 heterocycles. The van der Waals surface area contributed by atoms with Crippen LogP contribution in [0.1, 0.15) is 35.3 Å². The van der Waals surface area contributed by atoms with E-state index in [0.717, 1.165) is 11.1 Å². The molecule has 3 rings (SSSR count). The predicted molar refractivity (Wildman–Crippen MR) is 119 cm³/mol. The lowest BCUT2D eigenvalue weighted by Gasteiger charge is -2.22. The SMILES string of the molecule is COc1ccc(C(=O)NC(C(=O)NCc2ccccc2Cn2cccn2)C(C)C)cc1. The van der Waals surface area contributed by atoms with E-state index >= 15 is 0 Å². The average Bonchev–Trinajstić information content (AvgIpc) is 3.29. The molecule has 0 radical (unpaired) electrons. The Kier molecular flexibility index (Phi) is 7.43. The van der Waals surface area contributed by atoms with Crippen LogP contribution in [0.25, 0.3) is 0 Å². The normalized spacial score (nSPS) is 11.7. The summed E-state index contributed by atoms with van der Waals surface area (Å²) in [6, 6.07) is 15.9. The van der Waals surface area contributed by atoms with Crippen molar-refractivity contribution in [2.24, 2.45) is 5.92 Å². The lowest BCUT2D eigenvalue weighted by Crippen LogP contribution is -2.49. The standard InChI is InChI=1S/C24H28N4O3/c1-17(2)22(27-23(29)18-9-11-21(31-3)12-10-18)24(30)25-15-19-7-4-5-8-20(19)16-28-14-6-13-26-28/h4-14,17,22H,15-16H2,1-3H3,(H,25,30)(H,27,29). The minimum Gasteiger partial charge on any atom is -0.497 e. The van der Waals surface area contributed by atoms with Gasteiger partial charge in [0.1, 0.15) is 11.8 Å². The molecule has 2 N–H and O–H groups in total. The zero-order valence-electron chi connectivity index (χ0n) is 18.0. The lowest BCUT2D eigenvalue weighted by molar-refractivity contribution is -0.124. The number of nitrogens with zero attached hydrogens (tertiary/aromatic N) is 2. The molecule has 0 saturated carbocycles. The monoisotopic (exact) mass is 420 g/mol. The number of rotatable bonds is 9. The number of methoxy groups -OCH3 is 1. The minimum absolute atomic E-state index is 0.0680. The van der Waals surface area contributed by atoms with Gasteiger partial charge in [-0.3, -0.25) is 14.3 Å². The van der Waals surface area contributed by atoms with Crippen LogP contribution in [-0.2, 0) is 17.9 Å². The summed E-state index contributed by atoms with van der Waals surface area (Å²) in [6.45, 7) is 4.81. The topological polar surface area (TPSA) is 85.2 Å². The van der Waals surface area contributed by atoms with Gasteiger partial charge < -0.3 is 15.4 Å². The van der Waals surface area contributed by atoms with Crippen LogP contribution in [0, 0.1) is 5.92 Å². The van der Waals surface area contributed by atoms with Crippen molar-refractivity contribution in [1.82, 2.24) is 20.4 Å². The predicted octanol–water partition coefficient (Wildman–Crippen LogP) is 3.01. The van der Waals surface area contributed by atoms with Crippen molar-refractivity contribution < 1.29 is 14.3 Å². The van der Waals surface area contributed by atoms with Gasteiger partial charge in [0.15, 0.2) is 0 Å². The highest BCUT2D eigenvalue weighted by Gasteiger charge is 2.24. The molecule has 162 valence electrons. The molecule has 3 aromatic rings. The largest absolute Gasteiger partial charge is 0.497 e. The van der Waals surface area contributed by atoms with Gasteiger partial charge in [-0.2, -0.15) is 5.10 Å². The van der Waals surface area contributed by atoms with Gasteiger partial charge in [0.2, 0.25) is 5.91 Å². The van der Waals surface area contributed by atoms with Gasteiger partial charge in [0.25, 0.3) is 5.91 Å². The maximum Gasteiger partial charge on any atom is 0.251 e. The Morgan fingerprint density at radius 2 is 1.74 bits per heavy atom. The number of aromatic nitrogens is 2. The third-order valence-electron chi connectivity index (χ3n) is 5.05.